The molecule has 1 heterocycles. The molecule has 0 aromatic carbocycles. The Balaban J connectivity index is 3.57. The molecule has 1 aromatic rings. The molecule has 0 saturated heterocycles. The highest BCUT2D eigenvalue weighted by molar-refractivity contribution is 6.17. The number of hydrogen-bond donors (Lipinski definition) is 1. The first-order chi connectivity index (χ1) is 7.52. The van der Waals surface area contributed by atoms with Gasteiger partial charge in [-0.3, -0.25) is 0 Å². The average molecular weight is 247 g/mol. The lowest BCUT2D eigenvalue weighted by Crippen LogP contribution is -2.10. The third kappa shape index (κ3) is 2.09. The molecular formula is C9H5ClF2N2O2. The van der Waals surface area contributed by atoms with E-state index in [0.717, 1.165) is 6.20 Å². The van der Waals surface area contributed by atoms with Gasteiger partial charge in [0.15, 0.2) is 5.69 Å². The van der Waals surface area contributed by atoms with Crippen molar-refractivity contribution < 1.29 is 18.7 Å². The van der Waals surface area contributed by atoms with Gasteiger partial charge in [0.1, 0.15) is 6.07 Å². The Hall–Kier alpha value is -1.74. The summed E-state index contributed by atoms with van der Waals surface area (Å²) in [5, 5.41) is 17.3. The van der Waals surface area contributed by atoms with Crippen LogP contribution in [-0.4, -0.2) is 16.1 Å². The number of aromatic nitrogens is 1. The summed E-state index contributed by atoms with van der Waals surface area (Å²) < 4.78 is 25.3. The van der Waals surface area contributed by atoms with Crippen molar-refractivity contribution in [3.8, 4) is 6.07 Å². The van der Waals surface area contributed by atoms with Gasteiger partial charge in [-0.05, 0) is 0 Å². The molecule has 0 fully saturated rings. The molecule has 4 nitrogen and oxygen atoms in total. The Morgan fingerprint density at radius 2 is 2.31 bits per heavy atom. The van der Waals surface area contributed by atoms with Gasteiger partial charge < -0.3 is 5.11 Å². The van der Waals surface area contributed by atoms with Crippen LogP contribution in [0.3, 0.4) is 0 Å². The normalized spacial score (nSPS) is 10.2. The van der Waals surface area contributed by atoms with Crippen LogP contribution >= 0.6 is 11.6 Å². The molecule has 84 valence electrons. The molecule has 0 unspecified atom stereocenters. The number of nitriles is 1. The van der Waals surface area contributed by atoms with Gasteiger partial charge in [0.05, 0.1) is 11.4 Å². The summed E-state index contributed by atoms with van der Waals surface area (Å²) in [5.41, 5.74) is -1.90. The van der Waals surface area contributed by atoms with E-state index in [1.807, 2.05) is 0 Å². The largest absolute Gasteiger partial charge is 0.477 e. The zero-order valence-electron chi connectivity index (χ0n) is 7.75. The van der Waals surface area contributed by atoms with Crippen molar-refractivity contribution >= 4 is 17.6 Å². The lowest BCUT2D eigenvalue weighted by atomic mass is 10.0. The number of aromatic carboxylic acids is 1. The van der Waals surface area contributed by atoms with Crippen molar-refractivity contribution in [3.05, 3.63) is 28.6 Å². The predicted octanol–water partition coefficient (Wildman–Crippen LogP) is 2.33. The Morgan fingerprint density at radius 3 is 2.69 bits per heavy atom. The van der Waals surface area contributed by atoms with Crippen LogP contribution in [0.25, 0.3) is 0 Å². The second-order valence-electron chi connectivity index (χ2n) is 2.76. The maximum Gasteiger partial charge on any atom is 0.354 e. The summed E-state index contributed by atoms with van der Waals surface area (Å²) in [4.78, 5) is 14.1. The molecule has 0 radical (unpaired) electrons. The number of halogens is 3. The number of rotatable bonds is 3. The van der Waals surface area contributed by atoms with Crippen LogP contribution in [-0.2, 0) is 5.88 Å². The summed E-state index contributed by atoms with van der Waals surface area (Å²) in [5.74, 6) is -1.90. The Morgan fingerprint density at radius 1 is 1.69 bits per heavy atom. The van der Waals surface area contributed by atoms with E-state index in [2.05, 4.69) is 4.98 Å². The smallest absolute Gasteiger partial charge is 0.354 e. The van der Waals surface area contributed by atoms with E-state index in [1.54, 1.807) is 0 Å². The highest BCUT2D eigenvalue weighted by Crippen LogP contribution is 2.29. The van der Waals surface area contributed by atoms with Gasteiger partial charge in [-0.25, -0.2) is 18.6 Å². The third-order valence-corrected chi connectivity index (χ3v) is 2.17. The minimum atomic E-state index is -2.97. The molecule has 0 amide bonds. The minimum absolute atomic E-state index is 0.316. The van der Waals surface area contributed by atoms with Gasteiger partial charge >= 0.3 is 5.97 Å². The molecule has 0 bridgehead atoms. The number of carboxylic acid groups (broad SMARTS) is 1. The van der Waals surface area contributed by atoms with E-state index in [4.69, 9.17) is 22.0 Å². The predicted molar refractivity (Wildman–Crippen MR) is 50.4 cm³/mol. The monoisotopic (exact) mass is 246 g/mol. The molecule has 0 aliphatic rings. The Kier molecular flexibility index (Phi) is 3.74. The molecular weight excluding hydrogens is 242 g/mol. The Bertz CT molecular complexity index is 471. The van der Waals surface area contributed by atoms with Crippen LogP contribution in [0.15, 0.2) is 6.20 Å². The number of carboxylic acids is 1. The molecule has 16 heavy (non-hydrogen) atoms. The van der Waals surface area contributed by atoms with Crippen LogP contribution < -0.4 is 0 Å². The third-order valence-electron chi connectivity index (χ3n) is 1.90. The highest BCUT2D eigenvalue weighted by atomic mass is 35.5. The van der Waals surface area contributed by atoms with Crippen LogP contribution in [0.5, 0.6) is 0 Å². The van der Waals surface area contributed by atoms with Crippen LogP contribution in [0.4, 0.5) is 8.78 Å². The average Bonchev–Trinajstić information content (AvgIpc) is 2.26. The van der Waals surface area contributed by atoms with Crippen molar-refractivity contribution in [1.29, 1.82) is 5.26 Å². The van der Waals surface area contributed by atoms with Gasteiger partial charge in [-0.15, -0.1) is 11.6 Å². The fraction of sp³-hybridized carbons (Fsp3) is 0.222. The lowest BCUT2D eigenvalue weighted by Gasteiger charge is -2.10. The number of pyridine rings is 1. The highest BCUT2D eigenvalue weighted by Gasteiger charge is 2.24. The number of alkyl halides is 3. The van der Waals surface area contributed by atoms with Crippen molar-refractivity contribution in [2.24, 2.45) is 0 Å². The summed E-state index contributed by atoms with van der Waals surface area (Å²) >= 11 is 5.41. The molecule has 7 heteroatoms. The number of nitrogens with zero attached hydrogens (tertiary/aromatic N) is 2. The van der Waals surface area contributed by atoms with Crippen LogP contribution in [0, 0.1) is 11.3 Å². The molecule has 1 aromatic heterocycles. The molecule has 0 saturated carbocycles. The first-order valence-corrected chi connectivity index (χ1v) is 4.55. The summed E-state index contributed by atoms with van der Waals surface area (Å²) in [7, 11) is 0. The zero-order chi connectivity index (χ0) is 12.3. The summed E-state index contributed by atoms with van der Waals surface area (Å²) in [6.45, 7) is 0. The minimum Gasteiger partial charge on any atom is -0.477 e. The van der Waals surface area contributed by atoms with Crippen molar-refractivity contribution in [1.82, 2.24) is 4.98 Å². The maximum absolute atomic E-state index is 12.7. The van der Waals surface area contributed by atoms with Gasteiger partial charge in [-0.2, -0.15) is 5.26 Å². The van der Waals surface area contributed by atoms with Gasteiger partial charge in [0.2, 0.25) is 0 Å². The fourth-order valence-electron chi connectivity index (χ4n) is 1.22. The molecule has 0 aliphatic carbocycles. The second-order valence-corrected chi connectivity index (χ2v) is 3.03. The SMILES string of the molecule is N#Cc1cnc(C(=O)O)c(CCl)c1C(F)F. The molecule has 0 spiro atoms. The molecule has 1 rings (SSSR count). The van der Waals surface area contributed by atoms with Gasteiger partial charge in [0.25, 0.3) is 6.43 Å². The zero-order valence-corrected chi connectivity index (χ0v) is 8.50. The number of hydrogen-bond acceptors (Lipinski definition) is 3. The second kappa shape index (κ2) is 4.86. The quantitative estimate of drug-likeness (QED) is 0.831. The maximum atomic E-state index is 12.7. The topological polar surface area (TPSA) is 74.0 Å². The first-order valence-electron chi connectivity index (χ1n) is 4.02. The fourth-order valence-corrected chi connectivity index (χ4v) is 1.50. The number of carbonyl (C=O) groups is 1. The molecule has 0 aliphatic heterocycles. The Labute approximate surface area is 94.1 Å². The van der Waals surface area contributed by atoms with Crippen molar-refractivity contribution in [2.75, 3.05) is 0 Å². The van der Waals surface area contributed by atoms with Gasteiger partial charge in [-0.1, -0.05) is 0 Å². The lowest BCUT2D eigenvalue weighted by molar-refractivity contribution is 0.0688. The first kappa shape index (κ1) is 12.3. The van der Waals surface area contributed by atoms with Crippen LogP contribution in [0.2, 0.25) is 0 Å². The van der Waals surface area contributed by atoms with Crippen molar-refractivity contribution in [2.45, 2.75) is 12.3 Å². The van der Waals surface area contributed by atoms with E-state index in [0.29, 0.717) is 0 Å². The summed E-state index contributed by atoms with van der Waals surface area (Å²) in [6.07, 6.45) is -2.16. The van der Waals surface area contributed by atoms with E-state index in [1.165, 1.54) is 6.07 Å². The van der Waals surface area contributed by atoms with E-state index < -0.39 is 29.5 Å². The van der Waals surface area contributed by atoms with E-state index in [-0.39, 0.29) is 11.1 Å². The van der Waals surface area contributed by atoms with Crippen LogP contribution in [0.1, 0.15) is 33.6 Å². The molecule has 1 N–H and O–H groups in total. The van der Waals surface area contributed by atoms with Gasteiger partial charge in [0, 0.05) is 17.3 Å². The van der Waals surface area contributed by atoms with Crippen molar-refractivity contribution in [3.63, 3.8) is 0 Å². The molecule has 0 atom stereocenters. The van der Waals surface area contributed by atoms with E-state index in [9.17, 15) is 13.6 Å². The van der Waals surface area contributed by atoms with E-state index >= 15 is 0 Å². The standard InChI is InChI=1S/C9H5ClF2N2O2/c10-1-5-6(8(11)12)4(2-13)3-14-7(5)9(15)16/h3,8H,1H2,(H,15,16). The summed E-state index contributed by atoms with van der Waals surface area (Å²) in [6, 6.07) is 1.52.